The molecule has 5 atom stereocenters. The van der Waals surface area contributed by atoms with E-state index in [1.165, 1.54) is 0 Å². The van der Waals surface area contributed by atoms with Gasteiger partial charge in [-0.15, -0.1) is 0 Å². The summed E-state index contributed by atoms with van der Waals surface area (Å²) >= 11 is 5.82. The van der Waals surface area contributed by atoms with Crippen LogP contribution in [0.2, 0.25) is 5.02 Å². The van der Waals surface area contributed by atoms with Gasteiger partial charge < -0.3 is 4.74 Å². The Kier molecular flexibility index (Phi) is 5.23. The summed E-state index contributed by atoms with van der Waals surface area (Å²) in [6.07, 6.45) is 2.89. The van der Waals surface area contributed by atoms with Crippen LogP contribution in [0, 0.1) is 29.6 Å². The Morgan fingerprint density at radius 3 is 2.14 bits per heavy atom. The van der Waals surface area contributed by atoms with Gasteiger partial charge in [0.2, 0.25) is 11.8 Å². The molecule has 154 valence electrons. The van der Waals surface area contributed by atoms with Gasteiger partial charge in [-0.2, -0.15) is 0 Å². The van der Waals surface area contributed by atoms with Crippen LogP contribution in [0.3, 0.4) is 0 Å². The number of imide groups is 1. The van der Waals surface area contributed by atoms with Crippen LogP contribution in [0.1, 0.15) is 43.5 Å². The number of ketones is 1. The number of amides is 2. The summed E-state index contributed by atoms with van der Waals surface area (Å²) in [6, 6.07) is 5.29. The van der Waals surface area contributed by atoms with E-state index in [9.17, 15) is 19.2 Å². The first-order valence-corrected chi connectivity index (χ1v) is 10.5. The first kappa shape index (κ1) is 20.1. The number of halogens is 1. The number of nitrogens with zero attached hydrogens (tertiary/aromatic N) is 1. The standard InChI is InChI=1S/C22H24ClNO5/c1-11(2)19(22(28)29-10-16(25)12-5-7-15(23)8-6-12)24-20(26)17-13-3-4-14(9-13)18(17)21(24)27/h5-8,11,13-14,17-19H,3-4,9-10H2,1-2H3. The molecule has 7 heteroatoms. The monoisotopic (exact) mass is 417 g/mol. The number of fused-ring (bicyclic) bond motifs is 5. The molecule has 1 aromatic rings. The van der Waals surface area contributed by atoms with Gasteiger partial charge in [0.15, 0.2) is 12.4 Å². The van der Waals surface area contributed by atoms with E-state index in [1.54, 1.807) is 38.1 Å². The first-order valence-electron chi connectivity index (χ1n) is 10.1. The molecule has 6 nitrogen and oxygen atoms in total. The van der Waals surface area contributed by atoms with Crippen molar-refractivity contribution in [1.82, 2.24) is 4.90 Å². The summed E-state index contributed by atoms with van der Waals surface area (Å²) in [5, 5.41) is 0.504. The van der Waals surface area contributed by atoms with Gasteiger partial charge in [-0.05, 0) is 61.3 Å². The molecule has 29 heavy (non-hydrogen) atoms. The summed E-state index contributed by atoms with van der Waals surface area (Å²) in [5.41, 5.74) is 0.378. The number of ether oxygens (including phenoxy) is 1. The fourth-order valence-electron chi connectivity index (χ4n) is 5.32. The van der Waals surface area contributed by atoms with E-state index in [-0.39, 0.29) is 47.2 Å². The van der Waals surface area contributed by atoms with Gasteiger partial charge in [0.1, 0.15) is 6.04 Å². The Morgan fingerprint density at radius 2 is 1.62 bits per heavy atom. The molecule has 2 bridgehead atoms. The fraction of sp³-hybridized carbons (Fsp3) is 0.545. The summed E-state index contributed by atoms with van der Waals surface area (Å²) in [7, 11) is 0. The van der Waals surface area contributed by atoms with E-state index in [4.69, 9.17) is 16.3 Å². The van der Waals surface area contributed by atoms with Gasteiger partial charge in [-0.1, -0.05) is 25.4 Å². The number of likely N-dealkylation sites (tertiary alicyclic amines) is 1. The van der Waals surface area contributed by atoms with Gasteiger partial charge >= 0.3 is 5.97 Å². The molecule has 0 aromatic heterocycles. The molecule has 0 spiro atoms. The highest BCUT2D eigenvalue weighted by Gasteiger charge is 2.62. The molecule has 5 unspecified atom stereocenters. The topological polar surface area (TPSA) is 80.8 Å². The Balaban J connectivity index is 1.47. The third-order valence-electron chi connectivity index (χ3n) is 6.62. The zero-order valence-corrected chi connectivity index (χ0v) is 17.2. The molecule has 3 fully saturated rings. The van der Waals surface area contributed by atoms with E-state index in [2.05, 4.69) is 0 Å². The van der Waals surface area contributed by atoms with Crippen LogP contribution >= 0.6 is 11.6 Å². The Bertz CT molecular complexity index is 836. The van der Waals surface area contributed by atoms with E-state index in [0.29, 0.717) is 10.6 Å². The van der Waals surface area contributed by atoms with Crippen molar-refractivity contribution in [2.24, 2.45) is 29.6 Å². The molecular formula is C22H24ClNO5. The fourth-order valence-corrected chi connectivity index (χ4v) is 5.45. The zero-order chi connectivity index (χ0) is 20.9. The second-order valence-corrected chi connectivity index (χ2v) is 9.09. The molecule has 2 aliphatic carbocycles. The molecule has 2 saturated carbocycles. The van der Waals surface area contributed by atoms with E-state index < -0.39 is 18.6 Å². The predicted octanol–water partition coefficient (Wildman–Crippen LogP) is 3.12. The minimum Gasteiger partial charge on any atom is -0.456 e. The van der Waals surface area contributed by atoms with Crippen LogP contribution in [0.5, 0.6) is 0 Å². The SMILES string of the molecule is CC(C)C(C(=O)OCC(=O)c1ccc(Cl)cc1)N1C(=O)C2C3CCC(C3)C2C1=O. The molecule has 0 N–H and O–H groups in total. The normalized spacial score (nSPS) is 28.8. The lowest BCUT2D eigenvalue weighted by molar-refractivity contribution is -0.160. The molecule has 0 radical (unpaired) electrons. The van der Waals surface area contributed by atoms with Crippen molar-refractivity contribution in [3.05, 3.63) is 34.9 Å². The lowest BCUT2D eigenvalue weighted by Crippen LogP contribution is -2.50. The first-order chi connectivity index (χ1) is 13.8. The molecular weight excluding hydrogens is 394 g/mol. The van der Waals surface area contributed by atoms with Crippen molar-refractivity contribution in [1.29, 1.82) is 0 Å². The number of hydrogen-bond acceptors (Lipinski definition) is 5. The van der Waals surface area contributed by atoms with E-state index in [1.807, 2.05) is 0 Å². The van der Waals surface area contributed by atoms with Crippen LogP contribution in [-0.4, -0.2) is 41.1 Å². The van der Waals surface area contributed by atoms with E-state index in [0.717, 1.165) is 24.2 Å². The van der Waals surface area contributed by atoms with Crippen LogP contribution in [0.15, 0.2) is 24.3 Å². The number of esters is 1. The van der Waals surface area contributed by atoms with Crippen LogP contribution in [-0.2, 0) is 19.1 Å². The molecule has 1 heterocycles. The summed E-state index contributed by atoms with van der Waals surface area (Å²) in [6.45, 7) is 3.10. The maximum atomic E-state index is 13.0. The molecule has 3 aliphatic rings. The van der Waals surface area contributed by atoms with E-state index >= 15 is 0 Å². The Hall–Kier alpha value is -2.21. The second-order valence-electron chi connectivity index (χ2n) is 8.66. The second kappa shape index (κ2) is 7.56. The zero-order valence-electron chi connectivity index (χ0n) is 16.5. The highest BCUT2D eigenvalue weighted by molar-refractivity contribution is 6.30. The smallest absolute Gasteiger partial charge is 0.330 e. The van der Waals surface area contributed by atoms with Crippen molar-refractivity contribution >= 4 is 35.2 Å². The highest BCUT2D eigenvalue weighted by atomic mass is 35.5. The highest BCUT2D eigenvalue weighted by Crippen LogP contribution is 2.56. The van der Waals surface area contributed by atoms with Gasteiger partial charge in [-0.25, -0.2) is 4.79 Å². The third kappa shape index (κ3) is 3.37. The summed E-state index contributed by atoms with van der Waals surface area (Å²) in [5.74, 6) is -1.94. The van der Waals surface area contributed by atoms with Crippen molar-refractivity contribution in [3.63, 3.8) is 0 Å². The summed E-state index contributed by atoms with van der Waals surface area (Å²) < 4.78 is 5.24. The van der Waals surface area contributed by atoms with Gasteiger partial charge in [0, 0.05) is 10.6 Å². The number of Topliss-reactive ketones (excluding diaryl/α,β-unsaturated/α-hetero) is 1. The van der Waals surface area contributed by atoms with Crippen molar-refractivity contribution in [3.8, 4) is 0 Å². The van der Waals surface area contributed by atoms with Crippen LogP contribution in [0.4, 0.5) is 0 Å². The maximum Gasteiger partial charge on any atom is 0.330 e. The number of carbonyl (C=O) groups excluding carboxylic acids is 4. The van der Waals surface area contributed by atoms with Crippen molar-refractivity contribution < 1.29 is 23.9 Å². The minimum atomic E-state index is -1.00. The van der Waals surface area contributed by atoms with Crippen molar-refractivity contribution in [2.75, 3.05) is 6.61 Å². The third-order valence-corrected chi connectivity index (χ3v) is 6.88. The minimum absolute atomic E-state index is 0.244. The van der Waals surface area contributed by atoms with Gasteiger partial charge in [0.05, 0.1) is 11.8 Å². The van der Waals surface area contributed by atoms with Gasteiger partial charge in [-0.3, -0.25) is 19.3 Å². The van der Waals surface area contributed by atoms with Crippen molar-refractivity contribution in [2.45, 2.75) is 39.2 Å². The molecule has 1 saturated heterocycles. The number of hydrogen-bond donors (Lipinski definition) is 0. The number of benzene rings is 1. The number of carbonyl (C=O) groups is 4. The largest absolute Gasteiger partial charge is 0.456 e. The quantitative estimate of drug-likeness (QED) is 0.403. The average Bonchev–Trinajstić information content (AvgIpc) is 3.36. The molecule has 4 rings (SSSR count). The predicted molar refractivity (Wildman–Crippen MR) is 105 cm³/mol. The molecule has 2 amide bonds. The average molecular weight is 418 g/mol. The summed E-state index contributed by atoms with van der Waals surface area (Å²) in [4.78, 5) is 52.3. The van der Waals surface area contributed by atoms with Crippen LogP contribution in [0.25, 0.3) is 0 Å². The maximum absolute atomic E-state index is 13.0. The lowest BCUT2D eigenvalue weighted by Gasteiger charge is -2.28. The number of rotatable bonds is 6. The van der Waals surface area contributed by atoms with Crippen LogP contribution < -0.4 is 0 Å². The Morgan fingerprint density at radius 1 is 1.07 bits per heavy atom. The lowest BCUT2D eigenvalue weighted by atomic mass is 9.81. The van der Waals surface area contributed by atoms with Gasteiger partial charge in [0.25, 0.3) is 0 Å². The molecule has 1 aliphatic heterocycles. The molecule has 1 aromatic carbocycles. The Labute approximate surface area is 174 Å².